The van der Waals surface area contributed by atoms with Crippen LogP contribution in [0.3, 0.4) is 0 Å². The van der Waals surface area contributed by atoms with E-state index in [1.165, 1.54) is 12.8 Å². The monoisotopic (exact) mass is 285 g/mol. The topological polar surface area (TPSA) is 12.0 Å². The number of benzene rings is 1. The van der Waals surface area contributed by atoms with Crippen LogP contribution in [0, 0.1) is 18.7 Å². The molecule has 1 atom stereocenters. The Labute approximate surface area is 105 Å². The average Bonchev–Trinajstić information content (AvgIpc) is 2.31. The summed E-state index contributed by atoms with van der Waals surface area (Å²) in [6, 6.07) is 3.40. The maximum atomic E-state index is 13.7. The van der Waals surface area contributed by atoms with E-state index in [0.29, 0.717) is 5.92 Å². The lowest BCUT2D eigenvalue weighted by atomic mass is 9.91. The Morgan fingerprint density at radius 2 is 2.31 bits per heavy atom. The van der Waals surface area contributed by atoms with Gasteiger partial charge in [-0.1, -0.05) is 22.0 Å². The van der Waals surface area contributed by atoms with E-state index in [2.05, 4.69) is 21.2 Å². The van der Waals surface area contributed by atoms with Gasteiger partial charge in [-0.3, -0.25) is 0 Å². The minimum Gasteiger partial charge on any atom is -0.316 e. The standard InChI is InChI=1S/C13H17BrFN/c1-9-4-5-12(15)11(13(9)14)7-10-3-2-6-16-8-10/h4-5,10,16H,2-3,6-8H2,1H3. The minimum absolute atomic E-state index is 0.0805. The highest BCUT2D eigenvalue weighted by Gasteiger charge is 2.17. The lowest BCUT2D eigenvalue weighted by molar-refractivity contribution is 0.371. The zero-order valence-electron chi connectivity index (χ0n) is 9.52. The van der Waals surface area contributed by atoms with Crippen LogP contribution in [0.25, 0.3) is 0 Å². The van der Waals surface area contributed by atoms with Crippen molar-refractivity contribution in [3.05, 3.63) is 33.5 Å². The third kappa shape index (κ3) is 2.64. The molecule has 88 valence electrons. The minimum atomic E-state index is -0.0805. The van der Waals surface area contributed by atoms with Crippen LogP contribution in [-0.2, 0) is 6.42 Å². The largest absolute Gasteiger partial charge is 0.316 e. The van der Waals surface area contributed by atoms with Gasteiger partial charge in [-0.2, -0.15) is 0 Å². The second kappa shape index (κ2) is 5.28. The molecule has 1 N–H and O–H groups in total. The molecule has 0 saturated carbocycles. The van der Waals surface area contributed by atoms with Crippen molar-refractivity contribution >= 4 is 15.9 Å². The van der Waals surface area contributed by atoms with Crippen molar-refractivity contribution in [2.24, 2.45) is 5.92 Å². The molecule has 0 bridgehead atoms. The number of nitrogens with one attached hydrogen (secondary N) is 1. The van der Waals surface area contributed by atoms with E-state index in [1.807, 2.05) is 13.0 Å². The Morgan fingerprint density at radius 3 is 3.00 bits per heavy atom. The maximum absolute atomic E-state index is 13.7. The first-order valence-corrected chi connectivity index (χ1v) is 6.62. The van der Waals surface area contributed by atoms with E-state index in [4.69, 9.17) is 0 Å². The van der Waals surface area contributed by atoms with E-state index in [9.17, 15) is 4.39 Å². The Kier molecular flexibility index (Phi) is 3.98. The Bertz CT molecular complexity index is 372. The maximum Gasteiger partial charge on any atom is 0.127 e. The molecule has 0 aromatic heterocycles. The molecule has 1 saturated heterocycles. The van der Waals surface area contributed by atoms with Gasteiger partial charge < -0.3 is 5.32 Å². The average molecular weight is 286 g/mol. The van der Waals surface area contributed by atoms with E-state index >= 15 is 0 Å². The molecule has 1 aliphatic heterocycles. The molecular formula is C13H17BrFN. The summed E-state index contributed by atoms with van der Waals surface area (Å²) in [5.41, 5.74) is 1.95. The fraction of sp³-hybridized carbons (Fsp3) is 0.538. The normalized spacial score (nSPS) is 21.1. The van der Waals surface area contributed by atoms with E-state index < -0.39 is 0 Å². The van der Waals surface area contributed by atoms with Crippen LogP contribution in [-0.4, -0.2) is 13.1 Å². The predicted octanol–water partition coefficient (Wildman–Crippen LogP) is 3.44. The van der Waals surface area contributed by atoms with Crippen LogP contribution in [0.2, 0.25) is 0 Å². The molecular weight excluding hydrogens is 269 g/mol. The van der Waals surface area contributed by atoms with Crippen LogP contribution in [0.15, 0.2) is 16.6 Å². The summed E-state index contributed by atoms with van der Waals surface area (Å²) in [6.45, 7) is 4.12. The van der Waals surface area contributed by atoms with Crippen LogP contribution in [0.5, 0.6) is 0 Å². The predicted molar refractivity (Wildman–Crippen MR) is 68.1 cm³/mol. The first kappa shape index (κ1) is 12.1. The first-order chi connectivity index (χ1) is 7.68. The molecule has 0 spiro atoms. The number of rotatable bonds is 2. The molecule has 1 unspecified atom stereocenters. The van der Waals surface area contributed by atoms with Gasteiger partial charge in [0.1, 0.15) is 5.82 Å². The number of hydrogen-bond donors (Lipinski definition) is 1. The van der Waals surface area contributed by atoms with Crippen molar-refractivity contribution < 1.29 is 4.39 Å². The first-order valence-electron chi connectivity index (χ1n) is 5.82. The van der Waals surface area contributed by atoms with Crippen molar-refractivity contribution in [2.45, 2.75) is 26.2 Å². The van der Waals surface area contributed by atoms with Crippen molar-refractivity contribution in [1.29, 1.82) is 0 Å². The van der Waals surface area contributed by atoms with Gasteiger partial charge >= 0.3 is 0 Å². The molecule has 1 aromatic rings. The molecule has 1 aliphatic rings. The molecule has 0 radical (unpaired) electrons. The third-order valence-electron chi connectivity index (χ3n) is 3.27. The lowest BCUT2D eigenvalue weighted by Crippen LogP contribution is -2.31. The lowest BCUT2D eigenvalue weighted by Gasteiger charge is -2.23. The second-order valence-electron chi connectivity index (χ2n) is 4.57. The summed E-state index contributed by atoms with van der Waals surface area (Å²) in [6.07, 6.45) is 3.24. The highest BCUT2D eigenvalue weighted by atomic mass is 79.9. The molecule has 0 aliphatic carbocycles. The molecule has 2 rings (SSSR count). The van der Waals surface area contributed by atoms with Crippen LogP contribution >= 0.6 is 15.9 Å². The van der Waals surface area contributed by atoms with Gasteiger partial charge in [-0.05, 0) is 56.8 Å². The van der Waals surface area contributed by atoms with Gasteiger partial charge in [0.2, 0.25) is 0 Å². The van der Waals surface area contributed by atoms with Crippen LogP contribution in [0.4, 0.5) is 4.39 Å². The fourth-order valence-corrected chi connectivity index (χ4v) is 2.77. The van der Waals surface area contributed by atoms with Crippen LogP contribution < -0.4 is 5.32 Å². The molecule has 1 aromatic carbocycles. The molecule has 1 fully saturated rings. The van der Waals surface area contributed by atoms with Crippen molar-refractivity contribution in [1.82, 2.24) is 5.32 Å². The summed E-state index contributed by atoms with van der Waals surface area (Å²) in [5, 5.41) is 3.37. The van der Waals surface area contributed by atoms with E-state index in [1.54, 1.807) is 6.07 Å². The molecule has 16 heavy (non-hydrogen) atoms. The van der Waals surface area contributed by atoms with Crippen molar-refractivity contribution in [3.8, 4) is 0 Å². The smallest absolute Gasteiger partial charge is 0.127 e. The fourth-order valence-electron chi connectivity index (χ4n) is 2.29. The van der Waals surface area contributed by atoms with E-state index in [-0.39, 0.29) is 5.82 Å². The van der Waals surface area contributed by atoms with E-state index in [0.717, 1.165) is 35.1 Å². The highest BCUT2D eigenvalue weighted by molar-refractivity contribution is 9.10. The van der Waals surface area contributed by atoms with Crippen molar-refractivity contribution in [2.75, 3.05) is 13.1 Å². The summed E-state index contributed by atoms with van der Waals surface area (Å²) >= 11 is 3.50. The molecule has 1 nitrogen and oxygen atoms in total. The zero-order chi connectivity index (χ0) is 11.5. The number of aryl methyl sites for hydroxylation is 1. The second-order valence-corrected chi connectivity index (χ2v) is 5.37. The van der Waals surface area contributed by atoms with Gasteiger partial charge in [-0.15, -0.1) is 0 Å². The zero-order valence-corrected chi connectivity index (χ0v) is 11.1. The molecule has 3 heteroatoms. The summed E-state index contributed by atoms with van der Waals surface area (Å²) in [7, 11) is 0. The Balaban J connectivity index is 2.16. The quantitative estimate of drug-likeness (QED) is 0.878. The van der Waals surface area contributed by atoms with Gasteiger partial charge in [0, 0.05) is 10.0 Å². The number of piperidine rings is 1. The third-order valence-corrected chi connectivity index (χ3v) is 4.37. The summed E-state index contributed by atoms with van der Waals surface area (Å²) in [5.74, 6) is 0.490. The molecule has 0 amide bonds. The Hall–Kier alpha value is -0.410. The van der Waals surface area contributed by atoms with Crippen LogP contribution in [0.1, 0.15) is 24.0 Å². The summed E-state index contributed by atoms with van der Waals surface area (Å²) < 4.78 is 14.7. The van der Waals surface area contributed by atoms with Gasteiger partial charge in [-0.25, -0.2) is 4.39 Å². The number of hydrogen-bond acceptors (Lipinski definition) is 1. The SMILES string of the molecule is Cc1ccc(F)c(CC2CCCNC2)c1Br. The van der Waals surface area contributed by atoms with Gasteiger partial charge in [0.15, 0.2) is 0 Å². The summed E-state index contributed by atoms with van der Waals surface area (Å²) in [4.78, 5) is 0. The Morgan fingerprint density at radius 1 is 1.50 bits per heavy atom. The highest BCUT2D eigenvalue weighted by Crippen LogP contribution is 2.28. The van der Waals surface area contributed by atoms with Gasteiger partial charge in [0.05, 0.1) is 0 Å². The van der Waals surface area contributed by atoms with Gasteiger partial charge in [0.25, 0.3) is 0 Å². The molecule has 1 heterocycles. The number of halogens is 2. The van der Waals surface area contributed by atoms with Crippen molar-refractivity contribution in [3.63, 3.8) is 0 Å².